The smallest absolute Gasteiger partial charge is 0.498 e. The van der Waals surface area contributed by atoms with Crippen molar-refractivity contribution in [3.05, 3.63) is 23.8 Å². The summed E-state index contributed by atoms with van der Waals surface area (Å²) in [5, 5.41) is 0.123. The number of hydrogen-bond donors (Lipinski definition) is 0. The van der Waals surface area contributed by atoms with Crippen molar-refractivity contribution in [1.29, 1.82) is 0 Å². The normalized spacial score (nSPS) is 20.1. The number of benzene rings is 1. The molecule has 0 unspecified atom stereocenters. The Labute approximate surface area is 168 Å². The molecule has 1 aromatic carbocycles. The van der Waals surface area contributed by atoms with Gasteiger partial charge in [0.1, 0.15) is 5.75 Å². The van der Waals surface area contributed by atoms with E-state index in [9.17, 15) is 0 Å². The van der Waals surface area contributed by atoms with Crippen LogP contribution in [0.1, 0.15) is 74.8 Å². The van der Waals surface area contributed by atoms with Gasteiger partial charge in [0.2, 0.25) is 8.32 Å². The Hall–Kier alpha value is -0.778. The van der Waals surface area contributed by atoms with Gasteiger partial charge in [0.25, 0.3) is 0 Å². The van der Waals surface area contributed by atoms with Crippen LogP contribution in [0.2, 0.25) is 18.1 Å². The molecule has 2 rings (SSSR count). The molecule has 0 amide bonds. The number of hydrogen-bond acceptors (Lipinski definition) is 3. The molecule has 1 aliphatic heterocycles. The molecule has 1 aromatic rings. The largest absolute Gasteiger partial charge is 0.544 e. The summed E-state index contributed by atoms with van der Waals surface area (Å²) in [5.41, 5.74) is 1.58. The zero-order valence-corrected chi connectivity index (χ0v) is 20.5. The van der Waals surface area contributed by atoms with E-state index in [2.05, 4.69) is 101 Å². The lowest BCUT2D eigenvalue weighted by Gasteiger charge is -2.37. The average molecular weight is 390 g/mol. The standard InChI is InChI=1S/C22H39BO3Si/c1-19(2,3)16-13-14-17(23-25-21(7,8)22(9,10)26-23)18(15-16)24-27(11,12)20(4,5)6/h13-15H,1-12H3. The Balaban J connectivity index is 2.52. The third-order valence-corrected chi connectivity index (χ3v) is 10.9. The van der Waals surface area contributed by atoms with Crippen molar-refractivity contribution in [2.45, 2.75) is 104 Å². The topological polar surface area (TPSA) is 27.7 Å². The summed E-state index contributed by atoms with van der Waals surface area (Å²) >= 11 is 0. The van der Waals surface area contributed by atoms with Crippen LogP contribution < -0.4 is 9.89 Å². The second kappa shape index (κ2) is 6.64. The maximum Gasteiger partial charge on any atom is 0.498 e. The summed E-state index contributed by atoms with van der Waals surface area (Å²) in [6.45, 7) is 26.4. The molecule has 3 nitrogen and oxygen atoms in total. The molecule has 0 aliphatic carbocycles. The van der Waals surface area contributed by atoms with E-state index in [0.29, 0.717) is 0 Å². The van der Waals surface area contributed by atoms with E-state index in [1.54, 1.807) is 0 Å². The van der Waals surface area contributed by atoms with Crippen molar-refractivity contribution < 1.29 is 13.7 Å². The molecule has 0 saturated carbocycles. The molecule has 1 heterocycles. The Morgan fingerprint density at radius 2 is 1.37 bits per heavy atom. The third-order valence-electron chi connectivity index (χ3n) is 6.56. The Morgan fingerprint density at radius 3 is 1.78 bits per heavy atom. The van der Waals surface area contributed by atoms with E-state index in [0.717, 1.165) is 11.2 Å². The summed E-state index contributed by atoms with van der Waals surface area (Å²) in [6.07, 6.45) is 0. The van der Waals surface area contributed by atoms with Gasteiger partial charge >= 0.3 is 7.12 Å². The van der Waals surface area contributed by atoms with Gasteiger partial charge in [-0.05, 0) is 62.9 Å². The van der Waals surface area contributed by atoms with Crippen LogP contribution in [0.25, 0.3) is 0 Å². The van der Waals surface area contributed by atoms with E-state index in [-0.39, 0.29) is 21.7 Å². The molecule has 1 fully saturated rings. The van der Waals surface area contributed by atoms with Crippen molar-refractivity contribution >= 4 is 20.9 Å². The minimum atomic E-state index is -1.99. The van der Waals surface area contributed by atoms with E-state index < -0.39 is 15.4 Å². The first-order valence-electron chi connectivity index (χ1n) is 10.1. The van der Waals surface area contributed by atoms with E-state index in [4.69, 9.17) is 13.7 Å². The second-order valence-corrected chi connectivity index (χ2v) is 16.2. The average Bonchev–Trinajstić information content (AvgIpc) is 2.64. The second-order valence-electron chi connectivity index (χ2n) is 11.5. The van der Waals surface area contributed by atoms with Gasteiger partial charge < -0.3 is 13.7 Å². The Morgan fingerprint density at radius 1 is 0.889 bits per heavy atom. The van der Waals surface area contributed by atoms with Crippen molar-refractivity contribution in [3.8, 4) is 5.75 Å². The first-order chi connectivity index (χ1) is 11.9. The highest BCUT2D eigenvalue weighted by Gasteiger charge is 2.53. The van der Waals surface area contributed by atoms with Gasteiger partial charge in [-0.1, -0.05) is 53.7 Å². The first-order valence-corrected chi connectivity index (χ1v) is 13.0. The van der Waals surface area contributed by atoms with Gasteiger partial charge in [-0.15, -0.1) is 0 Å². The van der Waals surface area contributed by atoms with Crippen LogP contribution in [0.4, 0.5) is 0 Å². The summed E-state index contributed by atoms with van der Waals surface area (Å²) in [6, 6.07) is 6.50. The van der Waals surface area contributed by atoms with E-state index >= 15 is 0 Å². The molecule has 1 saturated heterocycles. The molecule has 5 heteroatoms. The van der Waals surface area contributed by atoms with E-state index in [1.807, 2.05) is 0 Å². The Kier molecular flexibility index (Phi) is 5.53. The summed E-state index contributed by atoms with van der Waals surface area (Å²) < 4.78 is 19.4. The van der Waals surface area contributed by atoms with Crippen LogP contribution in [0, 0.1) is 0 Å². The van der Waals surface area contributed by atoms with Crippen molar-refractivity contribution in [2.75, 3.05) is 0 Å². The fourth-order valence-corrected chi connectivity index (χ4v) is 3.71. The monoisotopic (exact) mass is 390 g/mol. The molecule has 0 atom stereocenters. The molecule has 27 heavy (non-hydrogen) atoms. The predicted molar refractivity (Wildman–Crippen MR) is 119 cm³/mol. The minimum Gasteiger partial charge on any atom is -0.544 e. The van der Waals surface area contributed by atoms with Gasteiger partial charge in [0.15, 0.2) is 0 Å². The van der Waals surface area contributed by atoms with Crippen LogP contribution in [0.3, 0.4) is 0 Å². The highest BCUT2D eigenvalue weighted by molar-refractivity contribution is 6.75. The van der Waals surface area contributed by atoms with Gasteiger partial charge in [-0.2, -0.15) is 0 Å². The van der Waals surface area contributed by atoms with Gasteiger partial charge in [-0.25, -0.2) is 0 Å². The lowest BCUT2D eigenvalue weighted by Crippen LogP contribution is -2.46. The van der Waals surface area contributed by atoms with Crippen molar-refractivity contribution in [3.63, 3.8) is 0 Å². The van der Waals surface area contributed by atoms with E-state index in [1.165, 1.54) is 5.56 Å². The highest BCUT2D eigenvalue weighted by atomic mass is 28.4. The lowest BCUT2D eigenvalue weighted by molar-refractivity contribution is 0.00578. The third kappa shape index (κ3) is 4.46. The maximum atomic E-state index is 6.76. The van der Waals surface area contributed by atoms with Crippen LogP contribution >= 0.6 is 0 Å². The molecule has 0 radical (unpaired) electrons. The molecular weight excluding hydrogens is 351 g/mol. The Bertz CT molecular complexity index is 680. The first kappa shape index (κ1) is 22.5. The molecular formula is C22H39BO3Si. The SMILES string of the molecule is CC(C)(C)c1ccc(B2OC(C)(C)C(C)(C)O2)c(O[Si](C)(C)C(C)(C)C)c1. The van der Waals surface area contributed by atoms with Gasteiger partial charge in [0.05, 0.1) is 11.2 Å². The number of rotatable bonds is 3. The van der Waals surface area contributed by atoms with Crippen LogP contribution in [-0.4, -0.2) is 26.6 Å². The van der Waals surface area contributed by atoms with Gasteiger partial charge in [0, 0.05) is 5.46 Å². The fraction of sp³-hybridized carbons (Fsp3) is 0.727. The van der Waals surface area contributed by atoms with Crippen molar-refractivity contribution in [2.24, 2.45) is 0 Å². The maximum absolute atomic E-state index is 6.76. The molecule has 0 N–H and O–H groups in total. The quantitative estimate of drug-likeness (QED) is 0.623. The molecule has 152 valence electrons. The predicted octanol–water partition coefficient (Wildman–Crippen LogP) is 5.67. The summed E-state index contributed by atoms with van der Waals surface area (Å²) in [5.74, 6) is 0.910. The molecule has 1 aliphatic rings. The fourth-order valence-electron chi connectivity index (χ4n) is 2.68. The molecule has 0 aromatic heterocycles. The summed E-state index contributed by atoms with van der Waals surface area (Å²) in [7, 11) is -2.41. The van der Waals surface area contributed by atoms with Crippen molar-refractivity contribution in [1.82, 2.24) is 0 Å². The van der Waals surface area contributed by atoms with Crippen LogP contribution in [0.15, 0.2) is 18.2 Å². The zero-order chi connectivity index (χ0) is 21.1. The highest BCUT2D eigenvalue weighted by Crippen LogP contribution is 2.40. The summed E-state index contributed by atoms with van der Waals surface area (Å²) in [4.78, 5) is 0. The molecule has 0 bridgehead atoms. The lowest BCUT2D eigenvalue weighted by atomic mass is 9.76. The van der Waals surface area contributed by atoms with Gasteiger partial charge in [-0.3, -0.25) is 0 Å². The van der Waals surface area contributed by atoms with Crippen LogP contribution in [-0.2, 0) is 14.7 Å². The zero-order valence-electron chi connectivity index (χ0n) is 19.5. The minimum absolute atomic E-state index is 0.0556. The van der Waals surface area contributed by atoms with Crippen LogP contribution in [0.5, 0.6) is 5.75 Å². The molecule has 0 spiro atoms.